The normalized spacial score (nSPS) is 15.5. The smallest absolute Gasteiger partial charge is 0.338 e. The molecule has 1 aromatic heterocycles. The zero-order valence-corrected chi connectivity index (χ0v) is 14.0. The summed E-state index contributed by atoms with van der Waals surface area (Å²) in [5, 5.41) is 5.71. The summed E-state index contributed by atoms with van der Waals surface area (Å²) in [6.07, 6.45) is 8.75. The van der Waals surface area contributed by atoms with Crippen LogP contribution < -0.4 is 0 Å². The number of halogens is 1. The van der Waals surface area contributed by atoms with Crippen molar-refractivity contribution in [3.63, 3.8) is 0 Å². The first-order chi connectivity index (χ1) is 10.2. The fourth-order valence-electron chi connectivity index (χ4n) is 3.34. The van der Waals surface area contributed by atoms with Gasteiger partial charge in [-0.25, -0.2) is 4.79 Å². The fraction of sp³-hybridized carbons (Fsp3) is 0.529. The van der Waals surface area contributed by atoms with E-state index in [-0.39, 0.29) is 18.4 Å². The zero-order chi connectivity index (χ0) is 14.8. The van der Waals surface area contributed by atoms with Crippen molar-refractivity contribution in [2.75, 3.05) is 7.11 Å². The van der Waals surface area contributed by atoms with Crippen LogP contribution in [0.4, 0.5) is 0 Å². The lowest BCUT2D eigenvalue weighted by Crippen LogP contribution is -2.14. The van der Waals surface area contributed by atoms with Crippen LogP contribution in [0, 0.1) is 12.8 Å². The maximum atomic E-state index is 11.8. The van der Waals surface area contributed by atoms with Gasteiger partial charge in [-0.1, -0.05) is 19.3 Å². The number of ether oxygens (including phenoxy) is 1. The number of aromatic nitrogens is 2. The fourth-order valence-corrected chi connectivity index (χ4v) is 3.34. The second kappa shape index (κ2) is 7.14. The molecule has 120 valence electrons. The van der Waals surface area contributed by atoms with Gasteiger partial charge in [0, 0.05) is 18.1 Å². The van der Waals surface area contributed by atoms with Gasteiger partial charge in [-0.15, -0.1) is 12.4 Å². The van der Waals surface area contributed by atoms with Crippen LogP contribution in [0.3, 0.4) is 0 Å². The van der Waals surface area contributed by atoms with Crippen molar-refractivity contribution in [1.82, 2.24) is 9.78 Å². The molecule has 0 N–H and O–H groups in total. The van der Waals surface area contributed by atoms with E-state index in [9.17, 15) is 4.79 Å². The third kappa shape index (κ3) is 3.27. The maximum Gasteiger partial charge on any atom is 0.338 e. The second-order valence-electron chi connectivity index (χ2n) is 6.02. The number of aryl methyl sites for hydroxylation is 1. The van der Waals surface area contributed by atoms with Gasteiger partial charge in [0.05, 0.1) is 18.2 Å². The summed E-state index contributed by atoms with van der Waals surface area (Å²) in [7, 11) is 1.42. The van der Waals surface area contributed by atoms with E-state index < -0.39 is 0 Å². The molecule has 0 amide bonds. The minimum Gasteiger partial charge on any atom is -0.465 e. The summed E-state index contributed by atoms with van der Waals surface area (Å²) in [6.45, 7) is 2.95. The van der Waals surface area contributed by atoms with E-state index in [0.717, 1.165) is 28.9 Å². The van der Waals surface area contributed by atoms with Crippen molar-refractivity contribution in [3.05, 3.63) is 29.5 Å². The molecule has 1 aliphatic rings. The van der Waals surface area contributed by atoms with Crippen LogP contribution in [0.25, 0.3) is 10.9 Å². The number of rotatable bonds is 3. The molecule has 1 saturated carbocycles. The molecule has 0 bridgehead atoms. The molecule has 3 rings (SSSR count). The van der Waals surface area contributed by atoms with Gasteiger partial charge in [0.25, 0.3) is 0 Å². The van der Waals surface area contributed by atoms with E-state index in [1.807, 2.05) is 13.0 Å². The van der Waals surface area contributed by atoms with Crippen molar-refractivity contribution < 1.29 is 9.53 Å². The summed E-state index contributed by atoms with van der Waals surface area (Å²) in [5.74, 6) is 0.461. The monoisotopic (exact) mass is 322 g/mol. The van der Waals surface area contributed by atoms with Gasteiger partial charge in [0.1, 0.15) is 0 Å². The first-order valence-corrected chi connectivity index (χ1v) is 7.74. The van der Waals surface area contributed by atoms with Crippen LogP contribution in [0.2, 0.25) is 0 Å². The molecule has 0 saturated heterocycles. The molecule has 0 unspecified atom stereocenters. The highest BCUT2D eigenvalue weighted by Crippen LogP contribution is 2.26. The first-order valence-electron chi connectivity index (χ1n) is 7.74. The standard InChI is InChI=1S/C17H22N2O2.ClH/c1-12-14(17(20)21-2)8-9-16-15(12)11-19(18-16)10-13-6-4-3-5-7-13;/h8-9,11,13H,3-7,10H2,1-2H3;1H. The molecule has 0 atom stereocenters. The molecule has 5 heteroatoms. The van der Waals surface area contributed by atoms with E-state index in [2.05, 4.69) is 16.0 Å². The Balaban J connectivity index is 0.00000176. The van der Waals surface area contributed by atoms with Gasteiger partial charge in [0.15, 0.2) is 0 Å². The van der Waals surface area contributed by atoms with E-state index in [0.29, 0.717) is 5.56 Å². The first kappa shape index (κ1) is 16.8. The molecule has 0 aliphatic heterocycles. The van der Waals surface area contributed by atoms with E-state index in [4.69, 9.17) is 4.74 Å². The average molecular weight is 323 g/mol. The SMILES string of the molecule is COC(=O)c1ccc2nn(CC3CCCCC3)cc2c1C.Cl. The topological polar surface area (TPSA) is 44.1 Å². The lowest BCUT2D eigenvalue weighted by atomic mass is 9.89. The number of carbonyl (C=O) groups excluding carboxylic acids is 1. The van der Waals surface area contributed by atoms with Crippen LogP contribution >= 0.6 is 12.4 Å². The van der Waals surface area contributed by atoms with Gasteiger partial charge >= 0.3 is 5.97 Å². The molecular formula is C17H23ClN2O2. The molecule has 4 nitrogen and oxygen atoms in total. The van der Waals surface area contributed by atoms with Crippen molar-refractivity contribution in [2.24, 2.45) is 5.92 Å². The Morgan fingerprint density at radius 1 is 1.32 bits per heavy atom. The number of hydrogen-bond donors (Lipinski definition) is 0. The summed E-state index contributed by atoms with van der Waals surface area (Å²) < 4.78 is 6.88. The minimum atomic E-state index is -0.283. The Hall–Kier alpha value is -1.55. The molecule has 0 radical (unpaired) electrons. The average Bonchev–Trinajstić information content (AvgIpc) is 2.91. The van der Waals surface area contributed by atoms with Gasteiger partial charge < -0.3 is 4.74 Å². The Bertz CT molecular complexity index is 660. The Morgan fingerprint density at radius 2 is 2.05 bits per heavy atom. The van der Waals surface area contributed by atoms with E-state index in [1.54, 1.807) is 6.07 Å². The molecule has 1 aliphatic carbocycles. The summed E-state index contributed by atoms with van der Waals surface area (Å²) in [5.41, 5.74) is 2.53. The van der Waals surface area contributed by atoms with Crippen molar-refractivity contribution in [2.45, 2.75) is 45.6 Å². The van der Waals surface area contributed by atoms with Crippen LogP contribution in [0.5, 0.6) is 0 Å². The van der Waals surface area contributed by atoms with Crippen molar-refractivity contribution >= 4 is 29.3 Å². The molecule has 1 heterocycles. The largest absolute Gasteiger partial charge is 0.465 e. The Labute approximate surface area is 137 Å². The molecule has 22 heavy (non-hydrogen) atoms. The number of esters is 1. The van der Waals surface area contributed by atoms with Crippen LogP contribution in [-0.4, -0.2) is 22.9 Å². The highest BCUT2D eigenvalue weighted by Gasteiger charge is 2.17. The minimum absolute atomic E-state index is 0. The summed E-state index contributed by atoms with van der Waals surface area (Å²) in [4.78, 5) is 11.8. The number of nitrogens with zero attached hydrogens (tertiary/aromatic N) is 2. The Kier molecular flexibility index (Phi) is 5.46. The van der Waals surface area contributed by atoms with E-state index in [1.165, 1.54) is 39.2 Å². The quantitative estimate of drug-likeness (QED) is 0.798. The predicted octanol–water partition coefficient (Wildman–Crippen LogP) is 4.13. The van der Waals surface area contributed by atoms with Crippen molar-refractivity contribution in [1.29, 1.82) is 0 Å². The lowest BCUT2D eigenvalue weighted by molar-refractivity contribution is 0.0600. The summed E-state index contributed by atoms with van der Waals surface area (Å²) in [6, 6.07) is 3.72. The van der Waals surface area contributed by atoms with Crippen molar-refractivity contribution in [3.8, 4) is 0 Å². The number of hydrogen-bond acceptors (Lipinski definition) is 3. The summed E-state index contributed by atoms with van der Waals surface area (Å²) >= 11 is 0. The van der Waals surface area contributed by atoms with Gasteiger partial charge in [-0.05, 0) is 43.4 Å². The highest BCUT2D eigenvalue weighted by atomic mass is 35.5. The van der Waals surface area contributed by atoms with Gasteiger partial charge in [0.2, 0.25) is 0 Å². The molecule has 1 fully saturated rings. The number of fused-ring (bicyclic) bond motifs is 1. The molecular weight excluding hydrogens is 300 g/mol. The Morgan fingerprint density at radius 3 is 2.73 bits per heavy atom. The number of methoxy groups -OCH3 is 1. The lowest BCUT2D eigenvalue weighted by Gasteiger charge is -2.21. The van der Waals surface area contributed by atoms with Crippen LogP contribution in [0.15, 0.2) is 18.3 Å². The zero-order valence-electron chi connectivity index (χ0n) is 13.2. The van der Waals surface area contributed by atoms with Gasteiger partial charge in [-0.2, -0.15) is 5.10 Å². The molecule has 2 aromatic rings. The third-order valence-corrected chi connectivity index (χ3v) is 4.58. The van der Waals surface area contributed by atoms with Crippen LogP contribution in [-0.2, 0) is 11.3 Å². The number of benzene rings is 1. The van der Waals surface area contributed by atoms with Gasteiger partial charge in [-0.3, -0.25) is 4.68 Å². The second-order valence-corrected chi connectivity index (χ2v) is 6.02. The molecule has 0 spiro atoms. The highest BCUT2D eigenvalue weighted by molar-refractivity contribution is 5.97. The molecule has 1 aromatic carbocycles. The third-order valence-electron chi connectivity index (χ3n) is 4.58. The van der Waals surface area contributed by atoms with E-state index >= 15 is 0 Å². The predicted molar refractivity (Wildman–Crippen MR) is 89.6 cm³/mol. The van der Waals surface area contributed by atoms with Crippen LogP contribution in [0.1, 0.15) is 48.0 Å². The number of carbonyl (C=O) groups is 1. The maximum absolute atomic E-state index is 11.8.